The topological polar surface area (TPSA) is 219 Å². The second kappa shape index (κ2) is 22.8. The maximum absolute atomic E-state index is 17.0. The van der Waals surface area contributed by atoms with E-state index in [0.29, 0.717) is 31.9 Å². The number of benzene rings is 4. The number of hydrogen-bond acceptors (Lipinski definition) is 20. The largest absolute Gasteiger partial charge is 0.459 e. The van der Waals surface area contributed by atoms with Crippen molar-refractivity contribution in [2.45, 2.75) is 71.0 Å². The smallest absolute Gasteiger partial charge is 0.338 e. The van der Waals surface area contributed by atoms with E-state index in [1.165, 1.54) is 60.4 Å². The molecule has 10 rings (SSSR count). The van der Waals surface area contributed by atoms with Gasteiger partial charge >= 0.3 is 23.9 Å². The maximum atomic E-state index is 17.0. The van der Waals surface area contributed by atoms with Gasteiger partial charge in [-0.3, -0.25) is 0 Å². The van der Waals surface area contributed by atoms with E-state index in [0.717, 1.165) is 36.5 Å². The molecule has 77 heavy (non-hydrogen) atoms. The second-order valence-corrected chi connectivity index (χ2v) is 21.0. The molecule has 0 radical (unpaired) electrons. The van der Waals surface area contributed by atoms with Gasteiger partial charge in [0, 0.05) is 21.5 Å². The van der Waals surface area contributed by atoms with Gasteiger partial charge in [0.05, 0.1) is 43.0 Å². The van der Waals surface area contributed by atoms with Crippen molar-refractivity contribution in [1.82, 2.24) is 19.9 Å². The lowest BCUT2D eigenvalue weighted by Gasteiger charge is -2.32. The van der Waals surface area contributed by atoms with Gasteiger partial charge in [-0.25, -0.2) is 47.9 Å². The number of nitrogens with zero attached hydrogens (tertiary/aromatic N) is 5. The van der Waals surface area contributed by atoms with Crippen LogP contribution in [0.4, 0.5) is 8.78 Å². The molecule has 394 valence electrons. The molecule has 22 heteroatoms. The molecule has 2 saturated heterocycles. The number of nitriles is 1. The number of carbonyl (C=O) groups excluding carboxylic acids is 4. The van der Waals surface area contributed by atoms with Crippen molar-refractivity contribution in [2.75, 3.05) is 25.7 Å². The minimum absolute atomic E-state index is 0.0906. The van der Waals surface area contributed by atoms with Gasteiger partial charge < -0.3 is 33.5 Å². The Hall–Kier alpha value is -7.23. The third-order valence-corrected chi connectivity index (χ3v) is 16.4. The first-order chi connectivity index (χ1) is 37.1. The quantitative estimate of drug-likeness (QED) is 0.0463. The number of carbonyl (C=O) groups is 4. The summed E-state index contributed by atoms with van der Waals surface area (Å²) in [6.45, 7) is 1.31. The summed E-state index contributed by atoms with van der Waals surface area (Å²) in [4.78, 5) is 68.5. The van der Waals surface area contributed by atoms with E-state index < -0.39 is 84.2 Å². The van der Waals surface area contributed by atoms with Crippen LogP contribution in [-0.2, 0) is 39.8 Å². The number of hydrogen-bond donors (Lipinski definition) is 1. The summed E-state index contributed by atoms with van der Waals surface area (Å²) >= 11 is 4.93. The summed E-state index contributed by atoms with van der Waals surface area (Å²) in [6, 6.07) is 34.7. The second-order valence-electron chi connectivity index (χ2n) is 17.6. The fourth-order valence-electron chi connectivity index (χ4n) is 8.89. The number of alkyl halides is 2. The fraction of sp³-hybridized carbons (Fsp3) is 0.255. The SMILES string of the molecule is CSc1ncnc2c(C3(O)O[C@H](COC(=O)c4ccccc4)[C@@H](OC(=O)c4ccccc4)[C@@]3(C)F)scc12.CSc1ncnc2c([C@]3(C#N)O[C@H](COC(=O)c4ccccc4)[C@@H](OC(=O)c4ccccc4)[C@@]3(C)F)scc12. The van der Waals surface area contributed by atoms with Crippen molar-refractivity contribution in [3.8, 4) is 6.07 Å². The van der Waals surface area contributed by atoms with Crippen LogP contribution in [0.25, 0.3) is 21.8 Å². The Kier molecular flexibility index (Phi) is 16.1. The van der Waals surface area contributed by atoms with Crippen molar-refractivity contribution in [2.24, 2.45) is 0 Å². The van der Waals surface area contributed by atoms with E-state index in [4.69, 9.17) is 28.4 Å². The predicted molar refractivity (Wildman–Crippen MR) is 283 cm³/mol. The molecule has 0 amide bonds. The number of aromatic nitrogens is 4. The molecule has 0 bridgehead atoms. The van der Waals surface area contributed by atoms with Crippen LogP contribution in [-0.4, -0.2) is 110 Å². The van der Waals surface area contributed by atoms with Crippen LogP contribution < -0.4 is 0 Å². The summed E-state index contributed by atoms with van der Waals surface area (Å²) in [6.07, 6.45) is 0.523. The summed E-state index contributed by atoms with van der Waals surface area (Å²) < 4.78 is 67.9. The van der Waals surface area contributed by atoms with Crippen LogP contribution in [0.2, 0.25) is 0 Å². The fourth-order valence-corrected chi connectivity index (χ4v) is 12.4. The van der Waals surface area contributed by atoms with Gasteiger partial charge in [-0.15, -0.1) is 46.2 Å². The molecular weight excluding hydrogens is 1070 g/mol. The van der Waals surface area contributed by atoms with Gasteiger partial charge in [0.25, 0.3) is 0 Å². The minimum Gasteiger partial charge on any atom is -0.459 e. The molecule has 0 saturated carbocycles. The Morgan fingerprint density at radius 1 is 0.597 bits per heavy atom. The highest BCUT2D eigenvalue weighted by atomic mass is 32.2. The molecular formula is C55H45F2N5O11S4. The molecule has 8 aromatic rings. The zero-order chi connectivity index (χ0) is 54.5. The predicted octanol–water partition coefficient (Wildman–Crippen LogP) is 10.1. The van der Waals surface area contributed by atoms with Gasteiger partial charge in [-0.2, -0.15) is 5.26 Å². The van der Waals surface area contributed by atoms with Crippen LogP contribution in [0.15, 0.2) is 155 Å². The van der Waals surface area contributed by atoms with Gasteiger partial charge in [0.15, 0.2) is 17.9 Å². The molecule has 2 aliphatic rings. The average molecular weight is 1120 g/mol. The van der Waals surface area contributed by atoms with Crippen LogP contribution >= 0.6 is 46.2 Å². The lowest BCUT2D eigenvalue weighted by molar-refractivity contribution is -0.250. The summed E-state index contributed by atoms with van der Waals surface area (Å²) in [5.41, 5.74) is -5.79. The van der Waals surface area contributed by atoms with E-state index >= 15 is 8.78 Å². The molecule has 0 spiro atoms. The minimum atomic E-state index is -2.65. The van der Waals surface area contributed by atoms with Crippen LogP contribution in [0.1, 0.15) is 65.0 Å². The molecule has 1 N–H and O–H groups in total. The summed E-state index contributed by atoms with van der Waals surface area (Å²) in [5, 5.41) is 28.2. The van der Waals surface area contributed by atoms with E-state index in [-0.39, 0.29) is 32.0 Å². The first-order valence-electron chi connectivity index (χ1n) is 23.4. The van der Waals surface area contributed by atoms with Crippen molar-refractivity contribution >= 4 is 91.9 Å². The Morgan fingerprint density at radius 2 is 0.974 bits per heavy atom. The van der Waals surface area contributed by atoms with Crippen molar-refractivity contribution in [3.05, 3.63) is 177 Å². The number of esters is 4. The van der Waals surface area contributed by atoms with Crippen LogP contribution in [0.5, 0.6) is 0 Å². The first kappa shape index (κ1) is 54.6. The van der Waals surface area contributed by atoms with E-state index in [1.54, 1.807) is 108 Å². The molecule has 6 heterocycles. The van der Waals surface area contributed by atoms with E-state index in [1.807, 2.05) is 18.6 Å². The zero-order valence-electron chi connectivity index (χ0n) is 41.2. The van der Waals surface area contributed by atoms with Crippen molar-refractivity contribution in [1.29, 1.82) is 5.26 Å². The third-order valence-electron chi connectivity index (χ3n) is 12.9. The molecule has 1 unspecified atom stereocenters. The van der Waals surface area contributed by atoms with Crippen LogP contribution in [0.3, 0.4) is 0 Å². The highest BCUT2D eigenvalue weighted by Gasteiger charge is 2.70. The molecule has 0 aliphatic carbocycles. The molecule has 4 aromatic carbocycles. The molecule has 16 nitrogen and oxygen atoms in total. The normalized spacial score (nSPS) is 24.5. The van der Waals surface area contributed by atoms with Gasteiger partial charge in [-0.1, -0.05) is 72.8 Å². The number of halogens is 2. The Labute approximate surface area is 455 Å². The number of thioether (sulfide) groups is 2. The number of ether oxygens (including phenoxy) is 6. The van der Waals surface area contributed by atoms with Gasteiger partial charge in [0.1, 0.15) is 54.2 Å². The number of aliphatic hydroxyl groups is 1. The lowest BCUT2D eigenvalue weighted by Crippen LogP contribution is -2.50. The number of fused-ring (bicyclic) bond motifs is 2. The Balaban J connectivity index is 0.000000188. The van der Waals surface area contributed by atoms with Crippen LogP contribution in [0, 0.1) is 11.3 Å². The monoisotopic (exact) mass is 1120 g/mol. The zero-order valence-corrected chi connectivity index (χ0v) is 44.5. The Bertz CT molecular complexity index is 3480. The van der Waals surface area contributed by atoms with E-state index in [2.05, 4.69) is 19.9 Å². The van der Waals surface area contributed by atoms with E-state index in [9.17, 15) is 29.5 Å². The summed E-state index contributed by atoms with van der Waals surface area (Å²) in [5.74, 6) is -5.51. The average Bonchev–Trinajstić information content (AvgIpc) is 4.24. The van der Waals surface area contributed by atoms with Gasteiger partial charge in [-0.05, 0) is 74.9 Å². The Morgan fingerprint density at radius 3 is 1.39 bits per heavy atom. The standard InChI is InChI=1S/C28H22FN3O5S2.C27H23FN2O6S2/c1-27(29)22(36-26(34)18-11-7-4-8-12-18)20(13-35-25(33)17-9-5-3-6-10-17)37-28(27,15-30)23-21-19(14-39-23)24(38-2)32-16-31-21;1-26(28)21(35-25(32)17-11-7-4-8-12-17)19(13-34-24(31)16-9-5-3-6-10-16)36-27(26,33)22-20-18(14-38-22)23(37-2)30-15-29-20/h3-12,14,16,20,22H,13H2,1-2H3;3-12,14-15,19,21,33H,13H2,1-2H3/t20-,22-,27-,28+;19-,21-,26-,27?/m11/s1. The number of rotatable bonds is 14. The molecule has 4 aromatic heterocycles. The molecule has 2 aliphatic heterocycles. The third kappa shape index (κ3) is 10.4. The maximum Gasteiger partial charge on any atom is 0.338 e. The number of thiophene rings is 2. The first-order valence-corrected chi connectivity index (χ1v) is 27.7. The van der Waals surface area contributed by atoms with Crippen molar-refractivity contribution < 1.29 is 61.5 Å². The lowest BCUT2D eigenvalue weighted by atomic mass is 9.82. The molecule has 8 atom stereocenters. The van der Waals surface area contributed by atoms with Gasteiger partial charge in [0.2, 0.25) is 17.1 Å². The highest BCUT2D eigenvalue weighted by molar-refractivity contribution is 7.99. The summed E-state index contributed by atoms with van der Waals surface area (Å²) in [7, 11) is 0. The highest BCUT2D eigenvalue weighted by Crippen LogP contribution is 2.55. The van der Waals surface area contributed by atoms with Crippen molar-refractivity contribution in [3.63, 3.8) is 0 Å². The molecule has 2 fully saturated rings.